The fourth-order valence-electron chi connectivity index (χ4n) is 3.33. The molecule has 1 heterocycles. The molecule has 0 saturated heterocycles. The van der Waals surface area contributed by atoms with Gasteiger partial charge in [0.1, 0.15) is 4.90 Å². The molecule has 0 bridgehead atoms. The number of aromatic nitrogens is 2. The SMILES string of the molecule is Cc1ccc(S(=O)(=O)NC2(c3noc(C)n3)CCCCCC2)c(Cl)c1. The maximum absolute atomic E-state index is 13.0. The first-order valence-electron chi connectivity index (χ1n) is 8.43. The van der Waals surface area contributed by atoms with Gasteiger partial charge in [0, 0.05) is 6.92 Å². The van der Waals surface area contributed by atoms with Gasteiger partial charge in [-0.15, -0.1) is 0 Å². The summed E-state index contributed by atoms with van der Waals surface area (Å²) < 4.78 is 34.1. The van der Waals surface area contributed by atoms with Gasteiger partial charge in [0.25, 0.3) is 0 Å². The highest BCUT2D eigenvalue weighted by atomic mass is 35.5. The number of rotatable bonds is 4. The molecule has 0 amide bonds. The molecule has 1 aromatic carbocycles. The zero-order valence-electron chi connectivity index (χ0n) is 14.4. The maximum Gasteiger partial charge on any atom is 0.242 e. The van der Waals surface area contributed by atoms with Gasteiger partial charge in [0.05, 0.1) is 10.6 Å². The summed E-state index contributed by atoms with van der Waals surface area (Å²) in [5.74, 6) is 0.824. The Morgan fingerprint density at radius 3 is 2.40 bits per heavy atom. The number of sulfonamides is 1. The molecular formula is C17H22ClN3O3S. The Balaban J connectivity index is 2.02. The van der Waals surface area contributed by atoms with Crippen LogP contribution in [0.1, 0.15) is 55.8 Å². The number of nitrogens with one attached hydrogen (secondary N) is 1. The number of aryl methyl sites for hydroxylation is 2. The third kappa shape index (κ3) is 3.88. The average Bonchev–Trinajstić information content (AvgIpc) is 2.83. The number of hydrogen-bond donors (Lipinski definition) is 1. The molecule has 1 fully saturated rings. The van der Waals surface area contributed by atoms with Crippen molar-refractivity contribution in [1.82, 2.24) is 14.9 Å². The van der Waals surface area contributed by atoms with E-state index in [1.165, 1.54) is 6.07 Å². The van der Waals surface area contributed by atoms with E-state index in [1.54, 1.807) is 19.1 Å². The lowest BCUT2D eigenvalue weighted by Gasteiger charge is -2.30. The van der Waals surface area contributed by atoms with Gasteiger partial charge in [-0.05, 0) is 37.5 Å². The van der Waals surface area contributed by atoms with Crippen LogP contribution >= 0.6 is 11.6 Å². The molecule has 1 aliphatic carbocycles. The van der Waals surface area contributed by atoms with Crippen molar-refractivity contribution in [3.8, 4) is 0 Å². The number of benzene rings is 1. The first-order valence-corrected chi connectivity index (χ1v) is 10.3. The first-order chi connectivity index (χ1) is 11.8. The minimum Gasteiger partial charge on any atom is -0.340 e. The van der Waals surface area contributed by atoms with Crippen molar-refractivity contribution in [3.05, 3.63) is 40.5 Å². The zero-order valence-corrected chi connectivity index (χ0v) is 16.0. The van der Waals surface area contributed by atoms with Crippen LogP contribution in [-0.4, -0.2) is 18.6 Å². The normalized spacial score (nSPS) is 18.0. The van der Waals surface area contributed by atoms with Crippen molar-refractivity contribution < 1.29 is 12.9 Å². The third-order valence-corrected chi connectivity index (χ3v) is 6.64. The lowest BCUT2D eigenvalue weighted by molar-refractivity contribution is 0.301. The number of hydrogen-bond acceptors (Lipinski definition) is 5. The summed E-state index contributed by atoms with van der Waals surface area (Å²) in [7, 11) is -3.82. The van der Waals surface area contributed by atoms with E-state index in [4.69, 9.17) is 16.1 Å². The minimum atomic E-state index is -3.82. The van der Waals surface area contributed by atoms with E-state index in [1.807, 2.05) is 6.92 Å². The van der Waals surface area contributed by atoms with Crippen LogP contribution in [0.2, 0.25) is 5.02 Å². The highest BCUT2D eigenvalue weighted by Gasteiger charge is 2.41. The van der Waals surface area contributed by atoms with Crippen molar-refractivity contribution in [3.63, 3.8) is 0 Å². The second-order valence-corrected chi connectivity index (χ2v) is 8.73. The van der Waals surface area contributed by atoms with Crippen molar-refractivity contribution in [2.45, 2.75) is 62.8 Å². The molecule has 8 heteroatoms. The predicted molar refractivity (Wildman–Crippen MR) is 94.9 cm³/mol. The van der Waals surface area contributed by atoms with Gasteiger partial charge >= 0.3 is 0 Å². The van der Waals surface area contributed by atoms with E-state index in [0.717, 1.165) is 31.2 Å². The molecule has 1 aromatic heterocycles. The molecule has 3 rings (SSSR count). The average molecular weight is 384 g/mol. The van der Waals surface area contributed by atoms with Crippen LogP contribution in [0.5, 0.6) is 0 Å². The Morgan fingerprint density at radius 1 is 1.16 bits per heavy atom. The van der Waals surface area contributed by atoms with Crippen LogP contribution in [0.3, 0.4) is 0 Å². The highest BCUT2D eigenvalue weighted by molar-refractivity contribution is 7.89. The Labute approximate surface area is 153 Å². The smallest absolute Gasteiger partial charge is 0.242 e. The summed E-state index contributed by atoms with van der Waals surface area (Å²) >= 11 is 6.19. The largest absolute Gasteiger partial charge is 0.340 e. The van der Waals surface area contributed by atoms with Gasteiger partial charge in [-0.3, -0.25) is 0 Å². The van der Waals surface area contributed by atoms with Gasteiger partial charge in [-0.1, -0.05) is 48.5 Å². The molecule has 0 aliphatic heterocycles. The number of nitrogens with zero attached hydrogens (tertiary/aromatic N) is 2. The van der Waals surface area contributed by atoms with Crippen molar-refractivity contribution in [2.24, 2.45) is 0 Å². The van der Waals surface area contributed by atoms with E-state index in [2.05, 4.69) is 14.9 Å². The Hall–Kier alpha value is -1.44. The van der Waals surface area contributed by atoms with E-state index in [-0.39, 0.29) is 9.92 Å². The maximum atomic E-state index is 13.0. The van der Waals surface area contributed by atoms with Crippen LogP contribution in [0.4, 0.5) is 0 Å². The summed E-state index contributed by atoms with van der Waals surface area (Å²) in [5, 5.41) is 4.23. The Morgan fingerprint density at radius 2 is 1.84 bits per heavy atom. The van der Waals surface area contributed by atoms with E-state index in [0.29, 0.717) is 24.6 Å². The molecule has 1 N–H and O–H groups in total. The monoisotopic (exact) mass is 383 g/mol. The summed E-state index contributed by atoms with van der Waals surface area (Å²) in [6, 6.07) is 4.92. The van der Waals surface area contributed by atoms with Gasteiger partial charge in [0.2, 0.25) is 15.9 Å². The molecular weight excluding hydrogens is 362 g/mol. The fraction of sp³-hybridized carbons (Fsp3) is 0.529. The molecule has 0 atom stereocenters. The minimum absolute atomic E-state index is 0.0728. The molecule has 2 aromatic rings. The van der Waals surface area contributed by atoms with Gasteiger partial charge < -0.3 is 4.52 Å². The molecule has 25 heavy (non-hydrogen) atoms. The van der Waals surface area contributed by atoms with Crippen LogP contribution < -0.4 is 4.72 Å². The van der Waals surface area contributed by atoms with E-state index >= 15 is 0 Å². The van der Waals surface area contributed by atoms with Crippen LogP contribution in [0.15, 0.2) is 27.6 Å². The van der Waals surface area contributed by atoms with E-state index < -0.39 is 15.6 Å². The molecule has 0 radical (unpaired) electrons. The van der Waals surface area contributed by atoms with Crippen molar-refractivity contribution in [2.75, 3.05) is 0 Å². The van der Waals surface area contributed by atoms with E-state index in [9.17, 15) is 8.42 Å². The molecule has 6 nitrogen and oxygen atoms in total. The van der Waals surface area contributed by atoms with Gasteiger partial charge in [-0.2, -0.15) is 9.71 Å². The predicted octanol–water partition coefficient (Wildman–Crippen LogP) is 3.87. The third-order valence-electron chi connectivity index (χ3n) is 4.62. The van der Waals surface area contributed by atoms with Crippen LogP contribution in [0.25, 0.3) is 0 Å². The Kier molecular flexibility index (Phi) is 5.18. The van der Waals surface area contributed by atoms with Gasteiger partial charge in [-0.25, -0.2) is 8.42 Å². The summed E-state index contributed by atoms with van der Waals surface area (Å²) in [6.45, 7) is 3.57. The first kappa shape index (κ1) is 18.4. The fourth-order valence-corrected chi connectivity index (χ4v) is 5.36. The second-order valence-electron chi connectivity index (χ2n) is 6.67. The summed E-state index contributed by atoms with van der Waals surface area (Å²) in [5.41, 5.74) is 0.0447. The molecule has 0 spiro atoms. The van der Waals surface area contributed by atoms with Crippen molar-refractivity contribution in [1.29, 1.82) is 0 Å². The van der Waals surface area contributed by atoms with Crippen LogP contribution in [0, 0.1) is 13.8 Å². The lowest BCUT2D eigenvalue weighted by Crippen LogP contribution is -2.46. The zero-order chi connectivity index (χ0) is 18.1. The molecule has 1 aliphatic rings. The van der Waals surface area contributed by atoms with Crippen LogP contribution in [-0.2, 0) is 15.6 Å². The Bertz CT molecular complexity index is 856. The standard InChI is InChI=1S/C17H22ClN3O3S/c1-12-7-8-15(14(18)11-12)25(22,23)21-17(9-5-3-4-6-10-17)16-19-13(2)24-20-16/h7-8,11,21H,3-6,9-10H2,1-2H3. The van der Waals surface area contributed by atoms with Gasteiger partial charge in [0.15, 0.2) is 5.82 Å². The molecule has 1 saturated carbocycles. The van der Waals surface area contributed by atoms with Crippen molar-refractivity contribution >= 4 is 21.6 Å². The topological polar surface area (TPSA) is 85.1 Å². The lowest BCUT2D eigenvalue weighted by atomic mass is 9.91. The molecule has 0 unspecified atom stereocenters. The number of halogens is 1. The molecule has 136 valence electrons. The second kappa shape index (κ2) is 7.05. The summed E-state index contributed by atoms with van der Waals surface area (Å²) in [6.07, 6.45) is 5.19. The highest BCUT2D eigenvalue weighted by Crippen LogP contribution is 2.36. The quantitative estimate of drug-likeness (QED) is 0.810. The summed E-state index contributed by atoms with van der Waals surface area (Å²) in [4.78, 5) is 4.40.